The molecule has 0 saturated heterocycles. The molecule has 6 nitrogen and oxygen atoms in total. The van der Waals surface area contributed by atoms with E-state index in [4.69, 9.17) is 0 Å². The van der Waals surface area contributed by atoms with Gasteiger partial charge in [0.15, 0.2) is 20.0 Å². The third-order valence-corrected chi connectivity index (χ3v) is 6.71. The van der Waals surface area contributed by atoms with Crippen molar-refractivity contribution in [1.29, 1.82) is 0 Å². The van der Waals surface area contributed by atoms with Crippen LogP contribution in [0.25, 0.3) is 14.3 Å². The van der Waals surface area contributed by atoms with Crippen LogP contribution in [0.5, 0.6) is 0 Å². The number of fused-ring (bicyclic) bond motifs is 1. The summed E-state index contributed by atoms with van der Waals surface area (Å²) < 4.78 is 113. The van der Waals surface area contributed by atoms with Crippen molar-refractivity contribution in [3.63, 3.8) is 0 Å². The van der Waals surface area contributed by atoms with Gasteiger partial charge in [-0.25, -0.2) is 16.8 Å². The summed E-state index contributed by atoms with van der Waals surface area (Å²) in [4.78, 5) is 0. The van der Waals surface area contributed by atoms with Crippen LogP contribution in [0, 0.1) is 6.92 Å². The fourth-order valence-corrected chi connectivity index (χ4v) is 4.55. The van der Waals surface area contributed by atoms with E-state index in [-0.39, 0.29) is 0 Å². The Balaban J connectivity index is 0.000000274. The maximum absolute atomic E-state index is 11.4. The minimum atomic E-state index is -6.72. The first-order valence-corrected chi connectivity index (χ1v) is 10.5. The fraction of sp³-hybridized carbons (Fsp3) is 0.417. The van der Waals surface area contributed by atoms with E-state index in [1.807, 2.05) is 11.3 Å². The van der Waals surface area contributed by atoms with Crippen molar-refractivity contribution in [1.82, 2.24) is 0 Å². The highest BCUT2D eigenvalue weighted by Gasteiger charge is 2.46. The molecule has 0 atom stereocenters. The number of nitrogens with zero attached hydrogens (tertiary/aromatic N) is 2. The fourth-order valence-electron chi connectivity index (χ4n) is 1.76. The molecule has 0 aliphatic carbocycles. The number of aryl methyl sites for hydroxylation is 2. The van der Waals surface area contributed by atoms with E-state index in [1.165, 1.54) is 15.2 Å². The summed E-state index contributed by atoms with van der Waals surface area (Å²) in [6, 6.07) is 8.56. The molecule has 0 saturated carbocycles. The van der Waals surface area contributed by atoms with E-state index in [2.05, 4.69) is 42.7 Å². The molecule has 2 aromatic rings. The van der Waals surface area contributed by atoms with Gasteiger partial charge in [-0.05, 0) is 13.0 Å². The number of alkyl halides is 6. The number of aromatic nitrogens is 1. The Morgan fingerprint density at radius 2 is 1.41 bits per heavy atom. The molecule has 0 radical (unpaired) electrons. The van der Waals surface area contributed by atoms with Crippen molar-refractivity contribution in [3.8, 4) is 0 Å². The van der Waals surface area contributed by atoms with Crippen molar-refractivity contribution >= 4 is 41.6 Å². The third kappa shape index (κ3) is 5.52. The molecule has 0 unspecified atom stereocenters. The minimum absolute atomic E-state index is 0.778. The van der Waals surface area contributed by atoms with Gasteiger partial charge in [-0.3, -0.25) is 0 Å². The predicted molar refractivity (Wildman–Crippen MR) is 85.7 cm³/mol. The Morgan fingerprint density at radius 3 is 1.81 bits per heavy atom. The molecular formula is C12H12F6N2O4S3. The van der Waals surface area contributed by atoms with Crippen LogP contribution in [0.3, 0.4) is 0 Å². The summed E-state index contributed by atoms with van der Waals surface area (Å²) in [6.07, 6.45) is 0. The monoisotopic (exact) mass is 458 g/mol. The Bertz CT molecular complexity index is 968. The quantitative estimate of drug-likeness (QED) is 0.520. The molecule has 0 aliphatic rings. The number of hydrogen-bond donors (Lipinski definition) is 0. The summed E-state index contributed by atoms with van der Waals surface area (Å²) >= 11 is 1.87. The number of rotatable bonds is 3. The Morgan fingerprint density at radius 1 is 0.963 bits per heavy atom. The highest BCUT2D eigenvalue weighted by Crippen LogP contribution is 2.36. The van der Waals surface area contributed by atoms with Crippen LogP contribution in [0.15, 0.2) is 24.3 Å². The molecule has 1 aromatic heterocycles. The van der Waals surface area contributed by atoms with E-state index in [0.717, 1.165) is 10.7 Å². The first-order chi connectivity index (χ1) is 12.0. The van der Waals surface area contributed by atoms with Gasteiger partial charge in [0.05, 0.1) is 0 Å². The molecule has 1 aromatic carbocycles. The van der Waals surface area contributed by atoms with Crippen LogP contribution in [0.2, 0.25) is 0 Å². The molecule has 2 rings (SSSR count). The van der Waals surface area contributed by atoms with Gasteiger partial charge in [-0.1, -0.05) is 23.5 Å². The van der Waals surface area contributed by atoms with Gasteiger partial charge in [0, 0.05) is 13.0 Å². The normalized spacial score (nSPS) is 13.3. The van der Waals surface area contributed by atoms with Gasteiger partial charge < -0.3 is 4.13 Å². The highest BCUT2D eigenvalue weighted by molar-refractivity contribution is 8.13. The zero-order chi connectivity index (χ0) is 21.3. The van der Waals surface area contributed by atoms with E-state index >= 15 is 0 Å². The molecular weight excluding hydrogens is 446 g/mol. The molecule has 1 heterocycles. The van der Waals surface area contributed by atoms with Crippen LogP contribution < -0.4 is 4.57 Å². The van der Waals surface area contributed by atoms with Gasteiger partial charge in [-0.2, -0.15) is 30.9 Å². The maximum Gasteiger partial charge on any atom is 0.480 e. The standard InChI is InChI=1S/C10H12NS.C2F6NO4S2/c1-3-11-8(2)12-10-7-5-4-6-9(10)11;3-1(4,5)14(10,11)9-15(12,13)2(6,7)8/h4-7H,3H2,1-2H3;/q+1;-1. The lowest BCUT2D eigenvalue weighted by Crippen LogP contribution is -2.33. The van der Waals surface area contributed by atoms with Crippen molar-refractivity contribution in [2.75, 3.05) is 0 Å². The van der Waals surface area contributed by atoms with E-state index in [0.29, 0.717) is 0 Å². The Kier molecular flexibility index (Phi) is 6.89. The predicted octanol–water partition coefficient (Wildman–Crippen LogP) is 3.58. The highest BCUT2D eigenvalue weighted by atomic mass is 32.3. The maximum atomic E-state index is 11.4. The van der Waals surface area contributed by atoms with Gasteiger partial charge >= 0.3 is 11.0 Å². The topological polar surface area (TPSA) is 86.3 Å². The third-order valence-electron chi connectivity index (χ3n) is 2.89. The second-order valence-electron chi connectivity index (χ2n) is 4.75. The molecule has 0 amide bonds. The molecule has 0 bridgehead atoms. The van der Waals surface area contributed by atoms with Crippen LogP contribution >= 0.6 is 11.3 Å². The Hall–Kier alpha value is -1.45. The van der Waals surface area contributed by atoms with Crippen molar-refractivity contribution < 1.29 is 47.7 Å². The summed E-state index contributed by atoms with van der Waals surface area (Å²) in [7, 11) is -13.4. The summed E-state index contributed by atoms with van der Waals surface area (Å²) in [5.41, 5.74) is -11.0. The second kappa shape index (κ2) is 7.89. The van der Waals surface area contributed by atoms with E-state index < -0.39 is 31.1 Å². The number of sulfonamides is 2. The Labute approximate surface area is 154 Å². The van der Waals surface area contributed by atoms with E-state index in [1.54, 1.807) is 0 Å². The van der Waals surface area contributed by atoms with Crippen LogP contribution in [0.4, 0.5) is 26.3 Å². The minimum Gasteiger partial charge on any atom is -0.421 e. The number of halogens is 6. The number of thiazole rings is 1. The zero-order valence-corrected chi connectivity index (χ0v) is 16.0. The lowest BCUT2D eigenvalue weighted by Gasteiger charge is -2.22. The van der Waals surface area contributed by atoms with Gasteiger partial charge in [0.1, 0.15) is 11.2 Å². The van der Waals surface area contributed by atoms with Gasteiger partial charge in [0.2, 0.25) is 10.5 Å². The van der Waals surface area contributed by atoms with E-state index in [9.17, 15) is 43.2 Å². The SMILES string of the molecule is CC[n+]1c(C)sc2ccccc21.O=S(=O)([N-]S(=O)(=O)C(F)(F)F)C(F)(F)F. The molecule has 27 heavy (non-hydrogen) atoms. The number of para-hydroxylation sites is 1. The van der Waals surface area contributed by atoms with Crippen LogP contribution in [-0.2, 0) is 26.6 Å². The van der Waals surface area contributed by atoms with Gasteiger partial charge in [0.25, 0.3) is 0 Å². The average Bonchev–Trinajstić information content (AvgIpc) is 2.79. The molecule has 15 heteroatoms. The lowest BCUT2D eigenvalue weighted by molar-refractivity contribution is -0.669. The van der Waals surface area contributed by atoms with Gasteiger partial charge in [-0.15, -0.1) is 0 Å². The molecule has 154 valence electrons. The first-order valence-electron chi connectivity index (χ1n) is 6.78. The lowest BCUT2D eigenvalue weighted by atomic mass is 10.3. The molecule has 0 aliphatic heterocycles. The smallest absolute Gasteiger partial charge is 0.421 e. The second-order valence-corrected chi connectivity index (χ2v) is 9.41. The van der Waals surface area contributed by atoms with Crippen LogP contribution in [-0.4, -0.2) is 27.9 Å². The number of benzene rings is 1. The summed E-state index contributed by atoms with van der Waals surface area (Å²) in [5, 5.41) is 1.39. The largest absolute Gasteiger partial charge is 0.480 e. The average molecular weight is 458 g/mol. The van der Waals surface area contributed by atoms with Crippen molar-refractivity contribution in [2.24, 2.45) is 0 Å². The molecule has 0 N–H and O–H groups in total. The number of hydrogen-bond acceptors (Lipinski definition) is 5. The van der Waals surface area contributed by atoms with Crippen molar-refractivity contribution in [3.05, 3.63) is 33.4 Å². The molecule has 0 spiro atoms. The summed E-state index contributed by atoms with van der Waals surface area (Å²) in [5.74, 6) is 0. The first kappa shape index (κ1) is 23.6. The van der Waals surface area contributed by atoms with Crippen molar-refractivity contribution in [2.45, 2.75) is 31.4 Å². The zero-order valence-electron chi connectivity index (χ0n) is 13.5. The molecule has 0 fully saturated rings. The summed E-state index contributed by atoms with van der Waals surface area (Å²) in [6.45, 7) is 5.43. The van der Waals surface area contributed by atoms with Crippen LogP contribution in [0.1, 0.15) is 11.9 Å².